The summed E-state index contributed by atoms with van der Waals surface area (Å²) in [5, 5.41) is 13.4. The van der Waals surface area contributed by atoms with E-state index in [1.807, 2.05) is 22.8 Å². The number of fused-ring (bicyclic) bond motifs is 1. The molecule has 9 heteroatoms. The van der Waals surface area contributed by atoms with E-state index >= 15 is 0 Å². The van der Waals surface area contributed by atoms with Gasteiger partial charge in [-0.1, -0.05) is 6.42 Å². The Morgan fingerprint density at radius 3 is 2.75 bits per heavy atom. The number of anilines is 1. The van der Waals surface area contributed by atoms with E-state index in [1.54, 1.807) is 13.2 Å². The van der Waals surface area contributed by atoms with Crippen molar-refractivity contribution >= 4 is 11.5 Å². The predicted molar refractivity (Wildman–Crippen MR) is 104 cm³/mol. The second-order valence-corrected chi connectivity index (χ2v) is 7.98. The van der Waals surface area contributed by atoms with Crippen LogP contribution in [0.15, 0.2) is 29.3 Å². The molecule has 3 aromatic rings. The summed E-state index contributed by atoms with van der Waals surface area (Å²) in [6, 6.07) is 4.48. The van der Waals surface area contributed by atoms with E-state index in [4.69, 9.17) is 5.10 Å². The minimum atomic E-state index is -0.224. The standard InChI is InChI=1S/C19H24N8O/c1-24(9-13-8-20-19(28)25(2)10-13)15-11-26(12-15)17-7-6-16-21-22-18(27(16)23-17)14-4-3-5-14/h6-8,10,14-15H,3-5,9,11-12H2,1-2H3. The van der Waals surface area contributed by atoms with Gasteiger partial charge in [-0.3, -0.25) is 4.90 Å². The van der Waals surface area contributed by atoms with Crippen LogP contribution in [0.2, 0.25) is 0 Å². The first-order valence-corrected chi connectivity index (χ1v) is 9.77. The summed E-state index contributed by atoms with van der Waals surface area (Å²) < 4.78 is 3.45. The molecule has 5 rings (SSSR count). The van der Waals surface area contributed by atoms with E-state index in [-0.39, 0.29) is 5.69 Å². The minimum Gasteiger partial charge on any atom is -0.352 e. The second kappa shape index (κ2) is 6.66. The van der Waals surface area contributed by atoms with Crippen molar-refractivity contribution in [3.8, 4) is 0 Å². The molecule has 2 aliphatic rings. The van der Waals surface area contributed by atoms with Gasteiger partial charge < -0.3 is 9.47 Å². The number of hydrogen-bond acceptors (Lipinski definition) is 7. The molecule has 146 valence electrons. The van der Waals surface area contributed by atoms with E-state index in [9.17, 15) is 4.79 Å². The highest BCUT2D eigenvalue weighted by molar-refractivity contribution is 5.48. The first-order valence-electron chi connectivity index (χ1n) is 9.77. The molecule has 0 atom stereocenters. The Balaban J connectivity index is 1.25. The van der Waals surface area contributed by atoms with Crippen LogP contribution in [-0.2, 0) is 13.6 Å². The lowest BCUT2D eigenvalue weighted by molar-refractivity contribution is 0.196. The largest absolute Gasteiger partial charge is 0.352 e. The van der Waals surface area contributed by atoms with Gasteiger partial charge in [-0.2, -0.15) is 4.52 Å². The Hall–Kier alpha value is -2.81. The van der Waals surface area contributed by atoms with Gasteiger partial charge in [0.2, 0.25) is 0 Å². The van der Waals surface area contributed by atoms with Crippen LogP contribution in [-0.4, -0.2) is 60.4 Å². The molecule has 28 heavy (non-hydrogen) atoms. The van der Waals surface area contributed by atoms with Gasteiger partial charge in [-0.05, 0) is 32.0 Å². The van der Waals surface area contributed by atoms with E-state index in [0.29, 0.717) is 12.0 Å². The topological polar surface area (TPSA) is 84.5 Å². The van der Waals surface area contributed by atoms with Crippen molar-refractivity contribution < 1.29 is 0 Å². The van der Waals surface area contributed by atoms with Crippen LogP contribution in [0.3, 0.4) is 0 Å². The van der Waals surface area contributed by atoms with Gasteiger partial charge in [0, 0.05) is 56.6 Å². The molecule has 2 fully saturated rings. The summed E-state index contributed by atoms with van der Waals surface area (Å²) in [5.41, 5.74) is 1.64. The molecule has 1 saturated carbocycles. The van der Waals surface area contributed by atoms with Crippen molar-refractivity contribution in [2.45, 2.75) is 37.8 Å². The van der Waals surface area contributed by atoms with E-state index in [0.717, 1.165) is 42.5 Å². The Kier molecular flexibility index (Phi) is 4.12. The monoisotopic (exact) mass is 380 g/mol. The number of rotatable bonds is 5. The highest BCUT2D eigenvalue weighted by Gasteiger charge is 2.32. The third-order valence-electron chi connectivity index (χ3n) is 5.99. The smallest absolute Gasteiger partial charge is 0.347 e. The first kappa shape index (κ1) is 17.3. The molecular formula is C19H24N8O. The van der Waals surface area contributed by atoms with Crippen LogP contribution in [0.1, 0.15) is 36.6 Å². The van der Waals surface area contributed by atoms with Gasteiger partial charge in [-0.15, -0.1) is 15.3 Å². The van der Waals surface area contributed by atoms with Gasteiger partial charge in [-0.25, -0.2) is 9.78 Å². The van der Waals surface area contributed by atoms with Gasteiger partial charge in [0.05, 0.1) is 0 Å². The number of aromatic nitrogens is 6. The molecule has 0 aromatic carbocycles. The molecule has 1 aliphatic heterocycles. The zero-order valence-corrected chi connectivity index (χ0v) is 16.2. The molecular weight excluding hydrogens is 356 g/mol. The Labute approximate surface area is 162 Å². The van der Waals surface area contributed by atoms with Crippen LogP contribution in [0.25, 0.3) is 5.65 Å². The van der Waals surface area contributed by atoms with E-state index < -0.39 is 0 Å². The summed E-state index contributed by atoms with van der Waals surface area (Å²) in [6.07, 6.45) is 7.15. The number of hydrogen-bond donors (Lipinski definition) is 0. The van der Waals surface area contributed by atoms with Crippen LogP contribution >= 0.6 is 0 Å². The lowest BCUT2D eigenvalue weighted by Gasteiger charge is -2.44. The quantitative estimate of drug-likeness (QED) is 0.647. The molecule has 0 amide bonds. The van der Waals surface area contributed by atoms with Crippen molar-refractivity contribution in [2.24, 2.45) is 7.05 Å². The Morgan fingerprint density at radius 2 is 2.04 bits per heavy atom. The molecule has 0 unspecified atom stereocenters. The lowest BCUT2D eigenvalue weighted by atomic mass is 9.85. The summed E-state index contributed by atoms with van der Waals surface area (Å²) in [7, 11) is 3.84. The molecule has 0 bridgehead atoms. The highest BCUT2D eigenvalue weighted by Crippen LogP contribution is 2.35. The molecule has 4 heterocycles. The second-order valence-electron chi connectivity index (χ2n) is 7.98. The summed E-state index contributed by atoms with van der Waals surface area (Å²) in [6.45, 7) is 2.62. The van der Waals surface area contributed by atoms with Gasteiger partial charge in [0.25, 0.3) is 0 Å². The van der Waals surface area contributed by atoms with Crippen molar-refractivity contribution in [3.63, 3.8) is 0 Å². The summed E-state index contributed by atoms with van der Waals surface area (Å²) in [4.78, 5) is 19.9. The van der Waals surface area contributed by atoms with Crippen LogP contribution in [0.5, 0.6) is 0 Å². The van der Waals surface area contributed by atoms with Crippen molar-refractivity contribution in [1.29, 1.82) is 0 Å². The fourth-order valence-electron chi connectivity index (χ4n) is 3.87. The minimum absolute atomic E-state index is 0.224. The maximum atomic E-state index is 11.4. The Bertz CT molecular complexity index is 1060. The molecule has 0 spiro atoms. The van der Waals surface area contributed by atoms with Gasteiger partial charge in [0.1, 0.15) is 5.82 Å². The average Bonchev–Trinajstić information content (AvgIpc) is 2.99. The van der Waals surface area contributed by atoms with Crippen molar-refractivity contribution in [1.82, 2.24) is 34.3 Å². The Morgan fingerprint density at radius 1 is 1.21 bits per heavy atom. The third kappa shape index (κ3) is 2.95. The van der Waals surface area contributed by atoms with E-state index in [1.165, 1.54) is 23.8 Å². The molecule has 3 aromatic heterocycles. The van der Waals surface area contributed by atoms with Crippen molar-refractivity contribution in [3.05, 3.63) is 46.4 Å². The molecule has 9 nitrogen and oxygen atoms in total. The number of likely N-dealkylation sites (N-methyl/N-ethyl adjacent to an activating group) is 1. The van der Waals surface area contributed by atoms with Crippen LogP contribution < -0.4 is 10.6 Å². The SMILES string of the molecule is CN(Cc1cnc(=O)n(C)c1)C1CN(c2ccc3nnc(C4CCC4)n3n2)C1. The van der Waals surface area contributed by atoms with Crippen molar-refractivity contribution in [2.75, 3.05) is 25.0 Å². The summed E-state index contributed by atoms with van der Waals surface area (Å²) in [5.74, 6) is 2.48. The number of nitrogens with zero attached hydrogens (tertiary/aromatic N) is 8. The third-order valence-corrected chi connectivity index (χ3v) is 5.99. The zero-order chi connectivity index (χ0) is 19.3. The fourth-order valence-corrected chi connectivity index (χ4v) is 3.87. The first-order chi connectivity index (χ1) is 13.6. The molecule has 1 aliphatic carbocycles. The van der Waals surface area contributed by atoms with Crippen LogP contribution in [0.4, 0.5) is 5.82 Å². The maximum absolute atomic E-state index is 11.4. The average molecular weight is 380 g/mol. The lowest BCUT2D eigenvalue weighted by Crippen LogP contribution is -2.58. The fraction of sp³-hybridized carbons (Fsp3) is 0.526. The molecule has 1 saturated heterocycles. The molecule has 0 N–H and O–H groups in total. The maximum Gasteiger partial charge on any atom is 0.347 e. The normalized spacial score (nSPS) is 17.9. The highest BCUT2D eigenvalue weighted by atomic mass is 16.1. The van der Waals surface area contributed by atoms with Crippen LogP contribution in [0, 0.1) is 0 Å². The van der Waals surface area contributed by atoms with E-state index in [2.05, 4.69) is 32.0 Å². The van der Waals surface area contributed by atoms with Gasteiger partial charge in [0.15, 0.2) is 11.5 Å². The number of aryl methyl sites for hydroxylation is 1. The predicted octanol–water partition coefficient (Wildman–Crippen LogP) is 0.806. The van der Waals surface area contributed by atoms with Gasteiger partial charge >= 0.3 is 5.69 Å². The zero-order valence-electron chi connectivity index (χ0n) is 16.2. The summed E-state index contributed by atoms with van der Waals surface area (Å²) >= 11 is 0. The molecule has 0 radical (unpaired) electrons.